The van der Waals surface area contributed by atoms with E-state index in [9.17, 15) is 5.11 Å². The zero-order chi connectivity index (χ0) is 7.56. The van der Waals surface area contributed by atoms with E-state index < -0.39 is 0 Å². The van der Waals surface area contributed by atoms with Gasteiger partial charge in [0.15, 0.2) is 0 Å². The number of rotatable bonds is 1. The fourth-order valence-corrected chi connectivity index (χ4v) is 1.28. The molecule has 60 valence electrons. The lowest BCUT2D eigenvalue weighted by Crippen LogP contribution is -2.36. The van der Waals surface area contributed by atoms with Gasteiger partial charge in [-0.25, -0.2) is 0 Å². The summed E-state index contributed by atoms with van der Waals surface area (Å²) >= 11 is 0. The first kappa shape index (κ1) is 8.02. The van der Waals surface area contributed by atoms with Crippen molar-refractivity contribution in [2.24, 2.45) is 5.92 Å². The summed E-state index contributed by atoms with van der Waals surface area (Å²) < 4.78 is 5.34. The Hall–Kier alpha value is -0.0800. The van der Waals surface area contributed by atoms with E-state index in [-0.39, 0.29) is 12.2 Å². The Kier molecular flexibility index (Phi) is 2.69. The highest BCUT2D eigenvalue weighted by atomic mass is 16.5. The molecule has 1 saturated heterocycles. The van der Waals surface area contributed by atoms with Gasteiger partial charge >= 0.3 is 0 Å². The molecular weight excluding hydrogens is 128 g/mol. The van der Waals surface area contributed by atoms with Crippen LogP contribution in [-0.2, 0) is 4.74 Å². The van der Waals surface area contributed by atoms with Crippen LogP contribution in [0.25, 0.3) is 0 Å². The number of hydrogen-bond donors (Lipinski definition) is 1. The minimum absolute atomic E-state index is 0.0443. The molecule has 3 atom stereocenters. The van der Waals surface area contributed by atoms with Gasteiger partial charge < -0.3 is 9.84 Å². The van der Waals surface area contributed by atoms with Gasteiger partial charge in [0.1, 0.15) is 0 Å². The zero-order valence-corrected chi connectivity index (χ0v) is 6.71. The van der Waals surface area contributed by atoms with Crippen LogP contribution in [0.3, 0.4) is 0 Å². The van der Waals surface area contributed by atoms with Crippen LogP contribution in [-0.4, -0.2) is 23.9 Å². The molecule has 0 unspecified atom stereocenters. The molecule has 0 aliphatic carbocycles. The van der Waals surface area contributed by atoms with Gasteiger partial charge in [0.2, 0.25) is 0 Å². The molecule has 10 heavy (non-hydrogen) atoms. The van der Waals surface area contributed by atoms with Crippen molar-refractivity contribution >= 4 is 0 Å². The van der Waals surface area contributed by atoms with Gasteiger partial charge in [0.05, 0.1) is 12.2 Å². The minimum Gasteiger partial charge on any atom is -0.390 e. The Morgan fingerprint density at radius 2 is 2.30 bits per heavy atom. The summed E-state index contributed by atoms with van der Waals surface area (Å²) in [6.45, 7) is 4.89. The van der Waals surface area contributed by atoms with Crippen LogP contribution in [0.4, 0.5) is 0 Å². The number of aliphatic hydroxyl groups is 1. The van der Waals surface area contributed by atoms with Gasteiger partial charge in [-0.3, -0.25) is 0 Å². The molecule has 1 heterocycles. The molecule has 0 bridgehead atoms. The highest BCUT2D eigenvalue weighted by Gasteiger charge is 2.25. The van der Waals surface area contributed by atoms with Crippen molar-refractivity contribution in [3.05, 3.63) is 0 Å². The maximum Gasteiger partial charge on any atom is 0.0806 e. The van der Waals surface area contributed by atoms with Gasteiger partial charge in [-0.1, -0.05) is 13.3 Å². The Morgan fingerprint density at radius 1 is 1.60 bits per heavy atom. The van der Waals surface area contributed by atoms with E-state index in [0.717, 1.165) is 19.4 Å². The highest BCUT2D eigenvalue weighted by molar-refractivity contribution is 4.74. The first-order chi connectivity index (χ1) is 4.74. The largest absolute Gasteiger partial charge is 0.390 e. The maximum atomic E-state index is 9.35. The molecule has 0 saturated carbocycles. The number of ether oxygens (including phenoxy) is 1. The SMILES string of the molecule is CC[C@H]1CO[C@H](C)[C@@H](O)C1. The third-order valence-electron chi connectivity index (χ3n) is 2.29. The smallest absolute Gasteiger partial charge is 0.0806 e. The average Bonchev–Trinajstić information content (AvgIpc) is 1.95. The predicted molar refractivity (Wildman–Crippen MR) is 39.8 cm³/mol. The van der Waals surface area contributed by atoms with Gasteiger partial charge in [-0.2, -0.15) is 0 Å². The lowest BCUT2D eigenvalue weighted by molar-refractivity contribution is -0.0893. The highest BCUT2D eigenvalue weighted by Crippen LogP contribution is 2.21. The molecule has 1 N–H and O–H groups in total. The minimum atomic E-state index is -0.237. The van der Waals surface area contributed by atoms with Crippen molar-refractivity contribution in [3.63, 3.8) is 0 Å². The summed E-state index contributed by atoms with van der Waals surface area (Å²) in [6, 6.07) is 0. The molecule has 1 aliphatic rings. The van der Waals surface area contributed by atoms with Crippen LogP contribution >= 0.6 is 0 Å². The third kappa shape index (κ3) is 1.70. The van der Waals surface area contributed by atoms with E-state index in [1.807, 2.05) is 6.92 Å². The second-order valence-corrected chi connectivity index (χ2v) is 3.12. The Bertz CT molecular complexity index is 103. The standard InChI is InChI=1S/C8H16O2/c1-3-7-4-8(9)6(2)10-5-7/h6-9H,3-5H2,1-2H3/t6-,7-,8+/m1/s1. The van der Waals surface area contributed by atoms with E-state index in [1.165, 1.54) is 0 Å². The van der Waals surface area contributed by atoms with E-state index in [2.05, 4.69) is 6.92 Å². The van der Waals surface area contributed by atoms with E-state index in [1.54, 1.807) is 0 Å². The first-order valence-electron chi connectivity index (χ1n) is 4.03. The monoisotopic (exact) mass is 144 g/mol. The molecule has 2 heteroatoms. The summed E-state index contributed by atoms with van der Waals surface area (Å²) in [7, 11) is 0. The van der Waals surface area contributed by atoms with Gasteiger partial charge in [0.25, 0.3) is 0 Å². The fraction of sp³-hybridized carbons (Fsp3) is 1.00. The number of aliphatic hydroxyl groups excluding tert-OH is 1. The summed E-state index contributed by atoms with van der Waals surface area (Å²) in [5.74, 6) is 0.575. The molecule has 0 aromatic heterocycles. The maximum absolute atomic E-state index is 9.35. The molecule has 1 aliphatic heterocycles. The molecule has 1 rings (SSSR count). The van der Waals surface area contributed by atoms with Crippen molar-refractivity contribution in [3.8, 4) is 0 Å². The lowest BCUT2D eigenvalue weighted by Gasteiger charge is -2.30. The zero-order valence-electron chi connectivity index (χ0n) is 6.71. The molecule has 0 radical (unpaired) electrons. The van der Waals surface area contributed by atoms with Crippen molar-refractivity contribution in [1.82, 2.24) is 0 Å². The molecular formula is C8H16O2. The molecule has 0 spiro atoms. The van der Waals surface area contributed by atoms with Crippen LogP contribution in [0.2, 0.25) is 0 Å². The second kappa shape index (κ2) is 3.35. The second-order valence-electron chi connectivity index (χ2n) is 3.12. The normalized spacial score (nSPS) is 41.7. The van der Waals surface area contributed by atoms with Crippen LogP contribution in [0.5, 0.6) is 0 Å². The summed E-state index contributed by atoms with van der Waals surface area (Å²) in [4.78, 5) is 0. The third-order valence-corrected chi connectivity index (χ3v) is 2.29. The van der Waals surface area contributed by atoms with E-state index >= 15 is 0 Å². The Balaban J connectivity index is 2.33. The fourth-order valence-electron chi connectivity index (χ4n) is 1.28. The van der Waals surface area contributed by atoms with Crippen LogP contribution in [0.15, 0.2) is 0 Å². The molecule has 0 aromatic carbocycles. The summed E-state index contributed by atoms with van der Waals surface area (Å²) in [5.41, 5.74) is 0. The lowest BCUT2D eigenvalue weighted by atomic mass is 9.94. The van der Waals surface area contributed by atoms with E-state index in [4.69, 9.17) is 4.74 Å². The summed E-state index contributed by atoms with van der Waals surface area (Å²) in [6.07, 6.45) is 1.84. The molecule has 2 nitrogen and oxygen atoms in total. The number of hydrogen-bond acceptors (Lipinski definition) is 2. The van der Waals surface area contributed by atoms with E-state index in [0.29, 0.717) is 5.92 Å². The Labute approximate surface area is 62.2 Å². The van der Waals surface area contributed by atoms with Crippen LogP contribution in [0, 0.1) is 5.92 Å². The first-order valence-corrected chi connectivity index (χ1v) is 4.03. The van der Waals surface area contributed by atoms with Crippen molar-refractivity contribution in [1.29, 1.82) is 0 Å². The van der Waals surface area contributed by atoms with Gasteiger partial charge in [-0.05, 0) is 19.3 Å². The topological polar surface area (TPSA) is 29.5 Å². The van der Waals surface area contributed by atoms with Gasteiger partial charge in [0, 0.05) is 6.61 Å². The van der Waals surface area contributed by atoms with Crippen molar-refractivity contribution in [2.75, 3.05) is 6.61 Å². The van der Waals surface area contributed by atoms with Crippen molar-refractivity contribution in [2.45, 2.75) is 38.9 Å². The van der Waals surface area contributed by atoms with Gasteiger partial charge in [-0.15, -0.1) is 0 Å². The summed E-state index contributed by atoms with van der Waals surface area (Å²) in [5, 5.41) is 9.35. The molecule has 1 fully saturated rings. The average molecular weight is 144 g/mol. The quantitative estimate of drug-likeness (QED) is 0.599. The van der Waals surface area contributed by atoms with Crippen LogP contribution < -0.4 is 0 Å². The predicted octanol–water partition coefficient (Wildman–Crippen LogP) is 1.18. The molecule has 0 aromatic rings. The Morgan fingerprint density at radius 3 is 2.80 bits per heavy atom. The van der Waals surface area contributed by atoms with Crippen molar-refractivity contribution < 1.29 is 9.84 Å². The molecule has 0 amide bonds. The van der Waals surface area contributed by atoms with Crippen LogP contribution in [0.1, 0.15) is 26.7 Å².